The van der Waals surface area contributed by atoms with E-state index in [0.29, 0.717) is 26.1 Å². The Morgan fingerprint density at radius 1 is 1.09 bits per heavy atom. The van der Waals surface area contributed by atoms with Crippen LogP contribution in [0, 0.1) is 0 Å². The van der Waals surface area contributed by atoms with Gasteiger partial charge in [-0.05, 0) is 27.2 Å². The molecule has 0 atom stereocenters. The van der Waals surface area contributed by atoms with E-state index in [0.717, 1.165) is 0 Å². The van der Waals surface area contributed by atoms with Crippen LogP contribution < -0.4 is 10.2 Å². The van der Waals surface area contributed by atoms with Crippen molar-refractivity contribution >= 4 is 19.5 Å². The van der Waals surface area contributed by atoms with Crippen molar-refractivity contribution in [1.82, 2.24) is 15.1 Å². The van der Waals surface area contributed by atoms with E-state index in [4.69, 9.17) is 9.26 Å². The third-order valence-corrected chi connectivity index (χ3v) is 4.52. The monoisotopic (exact) mass is 333 g/mol. The van der Waals surface area contributed by atoms with Gasteiger partial charge in [0.05, 0.1) is 13.2 Å². The lowest BCUT2D eigenvalue weighted by molar-refractivity contribution is -0.124. The van der Waals surface area contributed by atoms with Gasteiger partial charge >= 0.3 is 7.67 Å². The van der Waals surface area contributed by atoms with Crippen LogP contribution in [0.4, 0.5) is 0 Å². The summed E-state index contributed by atoms with van der Waals surface area (Å²) in [5, 5.41) is 4.50. The highest BCUT2D eigenvalue weighted by molar-refractivity contribution is 7.56. The van der Waals surface area contributed by atoms with Gasteiger partial charge < -0.3 is 9.64 Å². The number of amides is 2. The summed E-state index contributed by atoms with van der Waals surface area (Å²) in [4.78, 5) is 26.2. The highest BCUT2D eigenvalue weighted by Gasteiger charge is 2.41. The Hall–Kier alpha value is -1.53. The Kier molecular flexibility index (Phi) is 6.90. The number of rotatable bonds is 8. The first-order valence-corrected chi connectivity index (χ1v) is 9.06. The molecule has 0 aromatic rings. The number of carbonyl (C=O) groups is 2. The maximum absolute atomic E-state index is 12.3. The lowest BCUT2D eigenvalue weighted by Crippen LogP contribution is -2.45. The lowest BCUT2D eigenvalue weighted by Gasteiger charge is -2.30. The molecule has 0 aromatic heterocycles. The first-order chi connectivity index (χ1) is 10.4. The van der Waals surface area contributed by atoms with E-state index in [1.807, 2.05) is 20.8 Å². The third-order valence-electron chi connectivity index (χ3n) is 2.97. The fourth-order valence-corrected chi connectivity index (χ4v) is 3.34. The molecule has 22 heavy (non-hydrogen) atoms. The molecule has 8 nitrogen and oxygen atoms in total. The summed E-state index contributed by atoms with van der Waals surface area (Å²) >= 11 is 0. The normalized spacial score (nSPS) is 21.2. The van der Waals surface area contributed by atoms with E-state index in [-0.39, 0.29) is 18.1 Å². The van der Waals surface area contributed by atoms with Crippen molar-refractivity contribution in [3.05, 3.63) is 11.5 Å². The molecule has 0 radical (unpaired) electrons. The van der Waals surface area contributed by atoms with Crippen LogP contribution in [0.3, 0.4) is 0 Å². The molecule has 1 aliphatic rings. The van der Waals surface area contributed by atoms with E-state index in [9.17, 15) is 14.2 Å². The second kappa shape index (κ2) is 8.19. The molecule has 2 amide bonds. The second-order valence-electron chi connectivity index (χ2n) is 4.55. The van der Waals surface area contributed by atoms with Gasteiger partial charge in [-0.15, -0.1) is 0 Å². The van der Waals surface area contributed by atoms with Crippen LogP contribution in [0.2, 0.25) is 0 Å². The average molecular weight is 333 g/mol. The number of ether oxygens (including phenoxy) is 1. The van der Waals surface area contributed by atoms with Crippen LogP contribution in [-0.4, -0.2) is 43.0 Å². The van der Waals surface area contributed by atoms with Crippen molar-refractivity contribution in [3.63, 3.8) is 0 Å². The highest BCUT2D eigenvalue weighted by atomic mass is 31.2. The van der Waals surface area contributed by atoms with Gasteiger partial charge in [0, 0.05) is 13.1 Å². The van der Waals surface area contributed by atoms with Gasteiger partial charge in [-0.3, -0.25) is 24.3 Å². The summed E-state index contributed by atoms with van der Waals surface area (Å²) in [7, 11) is -3.69. The Balaban J connectivity index is 3.14. The molecule has 9 heteroatoms. The fourth-order valence-electron chi connectivity index (χ4n) is 1.96. The molecule has 126 valence electrons. The summed E-state index contributed by atoms with van der Waals surface area (Å²) in [5.41, 5.74) is -0.183. The molecule has 1 aliphatic heterocycles. The van der Waals surface area contributed by atoms with Crippen molar-refractivity contribution in [2.24, 2.45) is 0 Å². The Labute approximate surface area is 130 Å². The fraction of sp³-hybridized carbons (Fsp3) is 0.692. The van der Waals surface area contributed by atoms with Crippen molar-refractivity contribution < 1.29 is 23.4 Å². The van der Waals surface area contributed by atoms with Crippen molar-refractivity contribution in [1.29, 1.82) is 0 Å². The molecule has 0 aliphatic carbocycles. The van der Waals surface area contributed by atoms with Gasteiger partial charge in [0.2, 0.25) is 5.88 Å². The molecule has 1 saturated heterocycles. The minimum absolute atomic E-state index is 0.172. The summed E-state index contributed by atoms with van der Waals surface area (Å²) in [5.74, 6) is -1.32. The van der Waals surface area contributed by atoms with Crippen LogP contribution in [0.5, 0.6) is 0 Å². The lowest BCUT2D eigenvalue weighted by atomic mass is 10.2. The van der Waals surface area contributed by atoms with Crippen LogP contribution in [-0.2, 0) is 23.4 Å². The second-order valence-corrected chi connectivity index (χ2v) is 6.36. The van der Waals surface area contributed by atoms with Crippen LogP contribution in [0.25, 0.3) is 0 Å². The van der Waals surface area contributed by atoms with Crippen molar-refractivity contribution in [2.45, 2.75) is 34.1 Å². The smallest absolute Gasteiger partial charge is 0.396 e. The van der Waals surface area contributed by atoms with Gasteiger partial charge in [0.25, 0.3) is 11.8 Å². The zero-order chi connectivity index (χ0) is 16.8. The number of hydrogen-bond acceptors (Lipinski definition) is 6. The van der Waals surface area contributed by atoms with E-state index in [2.05, 4.69) is 10.2 Å². The first-order valence-electron chi connectivity index (χ1n) is 7.44. The maximum atomic E-state index is 12.3. The van der Waals surface area contributed by atoms with E-state index in [1.165, 1.54) is 0 Å². The molecule has 0 saturated carbocycles. The molecule has 0 spiro atoms. The minimum atomic E-state index is -3.69. The van der Waals surface area contributed by atoms with Crippen LogP contribution in [0.15, 0.2) is 11.5 Å². The number of nitrogens with zero attached hydrogens (tertiary/aromatic N) is 1. The van der Waals surface area contributed by atoms with E-state index in [1.54, 1.807) is 11.8 Å². The van der Waals surface area contributed by atoms with Gasteiger partial charge in [0.15, 0.2) is 5.57 Å². The number of nitrogens with one attached hydrogen (secondary N) is 2. The molecule has 0 unspecified atom stereocenters. The van der Waals surface area contributed by atoms with E-state index < -0.39 is 19.5 Å². The molecule has 1 rings (SSSR count). The zero-order valence-corrected chi connectivity index (χ0v) is 14.4. The minimum Gasteiger partial charge on any atom is -0.479 e. The summed E-state index contributed by atoms with van der Waals surface area (Å²) in [6.07, 6.45) is 0.613. The average Bonchev–Trinajstić information content (AvgIpc) is 2.45. The van der Waals surface area contributed by atoms with Crippen LogP contribution in [0.1, 0.15) is 34.1 Å². The van der Waals surface area contributed by atoms with Gasteiger partial charge in [-0.25, -0.2) is 4.57 Å². The molecule has 1 heterocycles. The van der Waals surface area contributed by atoms with Crippen molar-refractivity contribution in [2.75, 3.05) is 26.3 Å². The molecule has 0 bridgehead atoms. The summed E-state index contributed by atoms with van der Waals surface area (Å²) in [6, 6.07) is 0. The van der Waals surface area contributed by atoms with Crippen LogP contribution >= 0.6 is 7.67 Å². The standard InChI is InChI=1S/C13H24N3O5P/c1-5-9-21-22(19)14-11(17)10(12(18)15-22)13(20-8-4)16(6-2)7-3/h5-9H2,1-4H3,(H2,14,15,17,18,19). The molecule has 0 aromatic carbocycles. The Morgan fingerprint density at radius 3 is 2.05 bits per heavy atom. The topological polar surface area (TPSA) is 97.0 Å². The molecular weight excluding hydrogens is 309 g/mol. The predicted molar refractivity (Wildman–Crippen MR) is 81.7 cm³/mol. The Morgan fingerprint density at radius 2 is 1.64 bits per heavy atom. The maximum Gasteiger partial charge on any atom is 0.396 e. The third kappa shape index (κ3) is 4.24. The number of hydrogen-bond donors (Lipinski definition) is 2. The zero-order valence-electron chi connectivity index (χ0n) is 13.5. The van der Waals surface area contributed by atoms with E-state index >= 15 is 0 Å². The SMILES string of the molecule is CCCOP1(=O)NC(=O)C(=C(OCC)N(CC)CC)C(=O)N1. The quantitative estimate of drug-likeness (QED) is 0.301. The van der Waals surface area contributed by atoms with Crippen molar-refractivity contribution in [3.8, 4) is 0 Å². The van der Waals surface area contributed by atoms with Gasteiger partial charge in [0.1, 0.15) is 0 Å². The predicted octanol–water partition coefficient (Wildman–Crippen LogP) is 1.36. The molecular formula is C13H24N3O5P. The first kappa shape index (κ1) is 18.5. The summed E-state index contributed by atoms with van der Waals surface area (Å²) in [6.45, 7) is 8.98. The largest absolute Gasteiger partial charge is 0.479 e. The van der Waals surface area contributed by atoms with Gasteiger partial charge in [-0.1, -0.05) is 6.92 Å². The number of carbonyl (C=O) groups excluding carboxylic acids is 2. The van der Waals surface area contributed by atoms with Gasteiger partial charge in [-0.2, -0.15) is 0 Å². The molecule has 1 fully saturated rings. The summed E-state index contributed by atoms with van der Waals surface area (Å²) < 4.78 is 22.8. The Bertz CT molecular complexity index is 478. The molecule has 2 N–H and O–H groups in total. The highest BCUT2D eigenvalue weighted by Crippen LogP contribution is 2.41.